The van der Waals surface area contributed by atoms with Gasteiger partial charge in [-0.15, -0.1) is 0 Å². The molecule has 0 aromatic carbocycles. The van der Waals surface area contributed by atoms with Crippen molar-refractivity contribution in [3.63, 3.8) is 0 Å². The Morgan fingerprint density at radius 2 is 2.10 bits per heavy atom. The van der Waals surface area contributed by atoms with Crippen LogP contribution >= 0.6 is 0 Å². The second kappa shape index (κ2) is 4.46. The van der Waals surface area contributed by atoms with Crippen molar-refractivity contribution in [1.82, 2.24) is 4.98 Å². The van der Waals surface area contributed by atoms with Crippen LogP contribution in [0.2, 0.25) is 0 Å². The van der Waals surface area contributed by atoms with Gasteiger partial charge in [0.15, 0.2) is 0 Å². The summed E-state index contributed by atoms with van der Waals surface area (Å²) in [5.41, 5.74) is 1.43. The van der Waals surface area contributed by atoms with Crippen LogP contribution in [0.15, 0.2) is 12.1 Å². The van der Waals surface area contributed by atoms with Gasteiger partial charge in [-0.05, 0) is 55.1 Å². The summed E-state index contributed by atoms with van der Waals surface area (Å²) in [6, 6.07) is 3.84. The number of aryl methyl sites for hydroxylation is 1. The van der Waals surface area contributed by atoms with E-state index >= 15 is 0 Å². The van der Waals surface area contributed by atoms with Gasteiger partial charge in [-0.25, -0.2) is 9.78 Å². The molecule has 3 atom stereocenters. The van der Waals surface area contributed by atoms with Crippen molar-refractivity contribution in [1.29, 1.82) is 0 Å². The number of nitrogens with one attached hydrogen (secondary N) is 1. The highest BCUT2D eigenvalue weighted by Gasteiger charge is 2.59. The quantitative estimate of drug-likeness (QED) is 0.890. The van der Waals surface area contributed by atoms with Crippen molar-refractivity contribution in [2.24, 2.45) is 16.7 Å². The van der Waals surface area contributed by atoms with Crippen molar-refractivity contribution >= 4 is 11.8 Å². The number of carboxylic acids is 1. The van der Waals surface area contributed by atoms with Gasteiger partial charge in [0.25, 0.3) is 0 Å². The molecule has 21 heavy (non-hydrogen) atoms. The molecular weight excluding hydrogens is 264 g/mol. The molecule has 1 aromatic heterocycles. The van der Waals surface area contributed by atoms with Gasteiger partial charge in [0.1, 0.15) is 5.82 Å². The van der Waals surface area contributed by atoms with Crippen LogP contribution in [0, 0.1) is 23.7 Å². The summed E-state index contributed by atoms with van der Waals surface area (Å²) in [5, 5.41) is 12.7. The Morgan fingerprint density at radius 3 is 2.62 bits per heavy atom. The average Bonchev–Trinajstić information content (AvgIpc) is 2.85. The number of rotatable bonds is 3. The van der Waals surface area contributed by atoms with Crippen LogP contribution in [0.3, 0.4) is 0 Å². The van der Waals surface area contributed by atoms with E-state index in [-0.39, 0.29) is 11.0 Å². The van der Waals surface area contributed by atoms with Gasteiger partial charge in [-0.3, -0.25) is 0 Å². The van der Waals surface area contributed by atoms with E-state index in [1.165, 1.54) is 19.3 Å². The number of carboxylic acid groups (broad SMARTS) is 1. The molecule has 1 heterocycles. The molecule has 3 rings (SSSR count). The largest absolute Gasteiger partial charge is 0.478 e. The van der Waals surface area contributed by atoms with E-state index in [0.717, 1.165) is 11.7 Å². The fourth-order valence-corrected chi connectivity index (χ4v) is 4.68. The van der Waals surface area contributed by atoms with E-state index in [4.69, 9.17) is 5.11 Å². The molecule has 0 aliphatic heterocycles. The maximum Gasteiger partial charge on any atom is 0.337 e. The molecule has 2 aliphatic rings. The monoisotopic (exact) mass is 288 g/mol. The lowest BCUT2D eigenvalue weighted by atomic mass is 9.68. The molecule has 2 aliphatic carbocycles. The van der Waals surface area contributed by atoms with Gasteiger partial charge < -0.3 is 10.4 Å². The molecular formula is C17H24N2O2. The molecule has 0 radical (unpaired) electrons. The Labute approximate surface area is 126 Å². The molecule has 1 aromatic rings. The van der Waals surface area contributed by atoms with E-state index in [1.54, 1.807) is 19.1 Å². The summed E-state index contributed by atoms with van der Waals surface area (Å²) in [7, 11) is 0. The minimum absolute atomic E-state index is 0.258. The van der Waals surface area contributed by atoms with Crippen LogP contribution in [0.5, 0.6) is 0 Å². The minimum atomic E-state index is -0.918. The number of nitrogens with zero attached hydrogens (tertiary/aromatic N) is 1. The topological polar surface area (TPSA) is 62.2 Å². The maximum absolute atomic E-state index is 11.1. The van der Waals surface area contributed by atoms with Gasteiger partial charge in [0.2, 0.25) is 0 Å². The highest BCUT2D eigenvalue weighted by molar-refractivity contribution is 5.89. The van der Waals surface area contributed by atoms with Crippen molar-refractivity contribution in [3.8, 4) is 0 Å². The highest BCUT2D eigenvalue weighted by Crippen LogP contribution is 2.63. The van der Waals surface area contributed by atoms with Crippen molar-refractivity contribution in [2.75, 3.05) is 5.32 Å². The Balaban J connectivity index is 1.87. The molecule has 0 amide bonds. The smallest absolute Gasteiger partial charge is 0.337 e. The van der Waals surface area contributed by atoms with Gasteiger partial charge in [0.05, 0.1) is 11.3 Å². The van der Waals surface area contributed by atoms with E-state index in [0.29, 0.717) is 17.2 Å². The highest BCUT2D eigenvalue weighted by atomic mass is 16.4. The van der Waals surface area contributed by atoms with Crippen LogP contribution < -0.4 is 5.32 Å². The summed E-state index contributed by atoms with van der Waals surface area (Å²) in [6.07, 6.45) is 3.88. The Bertz CT molecular complexity index is 592. The first-order valence-electron chi connectivity index (χ1n) is 7.71. The third kappa shape index (κ3) is 2.12. The number of hydrogen-bond donors (Lipinski definition) is 2. The minimum Gasteiger partial charge on any atom is -0.478 e. The first-order chi connectivity index (χ1) is 9.74. The number of anilines is 1. The number of pyridine rings is 1. The zero-order valence-electron chi connectivity index (χ0n) is 13.2. The van der Waals surface area contributed by atoms with Crippen LogP contribution in [0.25, 0.3) is 0 Å². The first kappa shape index (κ1) is 14.4. The molecule has 0 spiro atoms. The molecule has 4 nitrogen and oxygen atoms in total. The molecule has 2 bridgehead atoms. The van der Waals surface area contributed by atoms with E-state index in [9.17, 15) is 4.79 Å². The predicted octanol–water partition coefficient (Wildman–Crippen LogP) is 3.71. The zero-order valence-corrected chi connectivity index (χ0v) is 13.2. The lowest BCUT2D eigenvalue weighted by molar-refractivity contribution is 0.0695. The number of aromatic carboxylic acids is 1. The Morgan fingerprint density at radius 1 is 1.38 bits per heavy atom. The van der Waals surface area contributed by atoms with E-state index in [2.05, 4.69) is 31.1 Å². The molecule has 4 heteroatoms. The van der Waals surface area contributed by atoms with Crippen LogP contribution in [0.1, 0.15) is 56.1 Å². The van der Waals surface area contributed by atoms with Crippen LogP contribution in [-0.4, -0.2) is 22.1 Å². The second-order valence-electron chi connectivity index (χ2n) is 7.63. The van der Waals surface area contributed by atoms with Gasteiger partial charge in [-0.2, -0.15) is 0 Å². The fourth-order valence-electron chi connectivity index (χ4n) is 4.68. The summed E-state index contributed by atoms with van der Waals surface area (Å²) in [6.45, 7) is 8.82. The zero-order chi connectivity index (χ0) is 15.4. The summed E-state index contributed by atoms with van der Waals surface area (Å²) in [4.78, 5) is 15.5. The third-order valence-corrected chi connectivity index (χ3v) is 5.88. The van der Waals surface area contributed by atoms with Gasteiger partial charge in [-0.1, -0.05) is 20.8 Å². The normalized spacial score (nSPS) is 33.1. The van der Waals surface area contributed by atoms with Gasteiger partial charge in [0, 0.05) is 6.04 Å². The average molecular weight is 288 g/mol. The lowest BCUT2D eigenvalue weighted by Crippen LogP contribution is -2.46. The molecule has 114 valence electrons. The third-order valence-electron chi connectivity index (χ3n) is 5.88. The number of hydrogen-bond acceptors (Lipinski definition) is 3. The number of fused-ring (bicyclic) bond motifs is 2. The number of aromatic nitrogens is 1. The first-order valence-corrected chi connectivity index (χ1v) is 7.71. The summed E-state index contributed by atoms with van der Waals surface area (Å²) < 4.78 is 0. The number of carbonyl (C=O) groups is 1. The maximum atomic E-state index is 11.1. The van der Waals surface area contributed by atoms with Crippen molar-refractivity contribution in [2.45, 2.75) is 53.0 Å². The molecule has 2 fully saturated rings. The molecule has 3 unspecified atom stereocenters. The Kier molecular flexibility index (Phi) is 3.05. The molecule has 0 saturated heterocycles. The second-order valence-corrected chi connectivity index (χ2v) is 7.63. The van der Waals surface area contributed by atoms with Crippen LogP contribution in [-0.2, 0) is 0 Å². The lowest BCUT2D eigenvalue weighted by Gasteiger charge is -2.43. The summed E-state index contributed by atoms with van der Waals surface area (Å²) in [5.74, 6) is 0.655. The van der Waals surface area contributed by atoms with Crippen LogP contribution in [0.4, 0.5) is 5.82 Å². The molecule has 2 saturated carbocycles. The summed E-state index contributed by atoms with van der Waals surface area (Å²) >= 11 is 0. The Hall–Kier alpha value is -1.58. The van der Waals surface area contributed by atoms with Gasteiger partial charge >= 0.3 is 5.97 Å². The van der Waals surface area contributed by atoms with Crippen molar-refractivity contribution in [3.05, 3.63) is 23.4 Å². The predicted molar refractivity (Wildman–Crippen MR) is 82.6 cm³/mol. The SMILES string of the molecule is Cc1nc(NC2C3(C)CCC(C3)C2(C)C)ccc1C(=O)O. The standard InChI is InChI=1S/C17H24N2O2/c1-10-12(14(20)21)5-6-13(18-10)19-15-16(2,3)11-7-8-17(15,4)9-11/h5-6,11,15H,7-9H2,1-4H3,(H,18,19)(H,20,21). The van der Waals surface area contributed by atoms with E-state index in [1.807, 2.05) is 0 Å². The molecule has 2 N–H and O–H groups in total. The van der Waals surface area contributed by atoms with E-state index < -0.39 is 5.97 Å². The fraction of sp³-hybridized carbons (Fsp3) is 0.647. The van der Waals surface area contributed by atoms with Crippen molar-refractivity contribution < 1.29 is 9.90 Å².